The van der Waals surface area contributed by atoms with Crippen LogP contribution in [-0.4, -0.2) is 24.8 Å². The molecule has 132 valence electrons. The van der Waals surface area contributed by atoms with Crippen LogP contribution in [0.2, 0.25) is 0 Å². The van der Waals surface area contributed by atoms with Gasteiger partial charge in [-0.25, -0.2) is 9.18 Å². The molecule has 2 aromatic carbocycles. The lowest BCUT2D eigenvalue weighted by atomic mass is 10.2. The minimum absolute atomic E-state index is 0.0542. The molecule has 0 aromatic heterocycles. The first-order valence-electron chi connectivity index (χ1n) is 6.81. The maximum absolute atomic E-state index is 13.0. The van der Waals surface area contributed by atoms with Gasteiger partial charge in [-0.1, -0.05) is 6.07 Å². The van der Waals surface area contributed by atoms with Gasteiger partial charge in [0.1, 0.15) is 11.6 Å². The first-order chi connectivity index (χ1) is 11.7. The fraction of sp³-hybridized carbons (Fsp3) is 0.125. The van der Waals surface area contributed by atoms with Crippen LogP contribution in [0.4, 0.5) is 23.2 Å². The summed E-state index contributed by atoms with van der Waals surface area (Å²) in [5, 5.41) is 2.32. The molecular formula is C16H11F4NO4. The Morgan fingerprint density at radius 1 is 1.04 bits per heavy atom. The Kier molecular flexibility index (Phi) is 5.58. The maximum atomic E-state index is 13.0. The highest BCUT2D eigenvalue weighted by Crippen LogP contribution is 2.23. The van der Waals surface area contributed by atoms with Crippen LogP contribution in [0.5, 0.6) is 5.75 Å². The van der Waals surface area contributed by atoms with Gasteiger partial charge in [0.05, 0.1) is 5.56 Å². The Morgan fingerprint density at radius 3 is 2.32 bits per heavy atom. The van der Waals surface area contributed by atoms with E-state index in [9.17, 15) is 27.2 Å². The molecule has 25 heavy (non-hydrogen) atoms. The van der Waals surface area contributed by atoms with Gasteiger partial charge < -0.3 is 14.8 Å². The third kappa shape index (κ3) is 6.13. The van der Waals surface area contributed by atoms with E-state index in [1.165, 1.54) is 24.3 Å². The van der Waals surface area contributed by atoms with Gasteiger partial charge in [-0.2, -0.15) is 0 Å². The van der Waals surface area contributed by atoms with Crippen LogP contribution in [-0.2, 0) is 9.53 Å². The third-order valence-electron chi connectivity index (χ3n) is 2.77. The van der Waals surface area contributed by atoms with E-state index in [-0.39, 0.29) is 11.3 Å². The Labute approximate surface area is 139 Å². The van der Waals surface area contributed by atoms with Gasteiger partial charge in [0.25, 0.3) is 5.91 Å². The van der Waals surface area contributed by atoms with Crippen molar-refractivity contribution >= 4 is 17.6 Å². The minimum Gasteiger partial charge on any atom is -0.452 e. The number of benzene rings is 2. The standard InChI is InChI=1S/C16H11F4NO4/c17-11-3-1-2-10(8-11)15(23)24-9-14(22)21-12-4-6-13(7-5-12)25-16(18,19)20/h1-8H,9H2,(H,21,22). The van der Waals surface area contributed by atoms with Crippen molar-refractivity contribution in [1.82, 2.24) is 0 Å². The van der Waals surface area contributed by atoms with Crippen molar-refractivity contribution in [2.24, 2.45) is 0 Å². The van der Waals surface area contributed by atoms with E-state index < -0.39 is 36.4 Å². The Hall–Kier alpha value is -3.10. The Balaban J connectivity index is 1.85. The number of esters is 1. The maximum Gasteiger partial charge on any atom is 0.573 e. The summed E-state index contributed by atoms with van der Waals surface area (Å²) in [4.78, 5) is 23.3. The first-order valence-corrected chi connectivity index (χ1v) is 6.81. The topological polar surface area (TPSA) is 64.6 Å². The zero-order valence-corrected chi connectivity index (χ0v) is 12.5. The summed E-state index contributed by atoms with van der Waals surface area (Å²) in [5.41, 5.74) is 0.128. The Bertz CT molecular complexity index is 759. The molecule has 2 aromatic rings. The van der Waals surface area contributed by atoms with Crippen LogP contribution in [0, 0.1) is 5.82 Å². The number of halogens is 4. The normalized spacial score (nSPS) is 10.9. The molecule has 0 radical (unpaired) electrons. The summed E-state index contributed by atoms with van der Waals surface area (Å²) in [7, 11) is 0. The van der Waals surface area contributed by atoms with Gasteiger partial charge in [0, 0.05) is 5.69 Å². The van der Waals surface area contributed by atoms with Crippen molar-refractivity contribution in [2.45, 2.75) is 6.36 Å². The van der Waals surface area contributed by atoms with Crippen molar-refractivity contribution in [3.8, 4) is 5.75 Å². The van der Waals surface area contributed by atoms with E-state index in [1.54, 1.807) is 0 Å². The quantitative estimate of drug-likeness (QED) is 0.657. The third-order valence-corrected chi connectivity index (χ3v) is 2.77. The fourth-order valence-electron chi connectivity index (χ4n) is 1.77. The molecule has 0 heterocycles. The second-order valence-corrected chi connectivity index (χ2v) is 4.71. The van der Waals surface area contributed by atoms with Gasteiger partial charge in [-0.05, 0) is 42.5 Å². The molecule has 0 aliphatic rings. The molecule has 1 amide bonds. The molecule has 1 N–H and O–H groups in total. The summed E-state index contributed by atoms with van der Waals surface area (Å²) in [6.07, 6.45) is -4.81. The van der Waals surface area contributed by atoms with Gasteiger partial charge in [0.15, 0.2) is 6.61 Å². The number of rotatable bonds is 5. The molecule has 2 rings (SSSR count). The number of carbonyl (C=O) groups excluding carboxylic acids is 2. The fourth-order valence-corrected chi connectivity index (χ4v) is 1.77. The molecule has 0 spiro atoms. The molecule has 5 nitrogen and oxygen atoms in total. The smallest absolute Gasteiger partial charge is 0.452 e. The molecular weight excluding hydrogens is 346 g/mol. The number of nitrogens with one attached hydrogen (secondary N) is 1. The average Bonchev–Trinajstić information content (AvgIpc) is 2.53. The highest BCUT2D eigenvalue weighted by atomic mass is 19.4. The van der Waals surface area contributed by atoms with Crippen LogP contribution in [0.25, 0.3) is 0 Å². The lowest BCUT2D eigenvalue weighted by Gasteiger charge is -2.10. The summed E-state index contributed by atoms with van der Waals surface area (Å²) < 4.78 is 57.5. The SMILES string of the molecule is O=C(COC(=O)c1cccc(F)c1)Nc1ccc(OC(F)(F)F)cc1. The van der Waals surface area contributed by atoms with E-state index >= 15 is 0 Å². The van der Waals surface area contributed by atoms with Crippen LogP contribution >= 0.6 is 0 Å². The lowest BCUT2D eigenvalue weighted by Crippen LogP contribution is -2.21. The number of hydrogen-bond donors (Lipinski definition) is 1. The lowest BCUT2D eigenvalue weighted by molar-refractivity contribution is -0.274. The molecule has 0 atom stereocenters. The summed E-state index contributed by atoms with van der Waals surface area (Å²) >= 11 is 0. The van der Waals surface area contributed by atoms with Crippen molar-refractivity contribution in [2.75, 3.05) is 11.9 Å². The molecule has 0 fully saturated rings. The predicted octanol–water partition coefficient (Wildman–Crippen LogP) is 3.52. The first kappa shape index (κ1) is 18.2. The Morgan fingerprint density at radius 2 is 1.72 bits per heavy atom. The largest absolute Gasteiger partial charge is 0.573 e. The second-order valence-electron chi connectivity index (χ2n) is 4.71. The number of carbonyl (C=O) groups is 2. The molecule has 0 bridgehead atoms. The molecule has 0 saturated heterocycles. The molecule has 0 aliphatic carbocycles. The van der Waals surface area contributed by atoms with Gasteiger partial charge in [-0.15, -0.1) is 13.2 Å². The second kappa shape index (κ2) is 7.65. The van der Waals surface area contributed by atoms with E-state index in [0.717, 1.165) is 24.3 Å². The highest BCUT2D eigenvalue weighted by Gasteiger charge is 2.30. The summed E-state index contributed by atoms with van der Waals surface area (Å²) in [6, 6.07) is 9.15. The van der Waals surface area contributed by atoms with Gasteiger partial charge >= 0.3 is 12.3 Å². The predicted molar refractivity (Wildman–Crippen MR) is 78.4 cm³/mol. The van der Waals surface area contributed by atoms with Crippen LogP contribution in [0.3, 0.4) is 0 Å². The monoisotopic (exact) mass is 357 g/mol. The zero-order chi connectivity index (χ0) is 18.4. The van der Waals surface area contributed by atoms with Gasteiger partial charge in [0.2, 0.25) is 0 Å². The van der Waals surface area contributed by atoms with Crippen molar-refractivity contribution < 1.29 is 36.6 Å². The zero-order valence-electron chi connectivity index (χ0n) is 12.5. The minimum atomic E-state index is -4.81. The number of amides is 1. The number of ether oxygens (including phenoxy) is 2. The summed E-state index contributed by atoms with van der Waals surface area (Å²) in [6.45, 7) is -0.643. The van der Waals surface area contributed by atoms with E-state index in [0.29, 0.717) is 0 Å². The number of alkyl halides is 3. The molecule has 9 heteroatoms. The van der Waals surface area contributed by atoms with Gasteiger partial charge in [-0.3, -0.25) is 4.79 Å². The van der Waals surface area contributed by atoms with Crippen LogP contribution in [0.1, 0.15) is 10.4 Å². The van der Waals surface area contributed by atoms with Crippen molar-refractivity contribution in [3.05, 3.63) is 59.9 Å². The van der Waals surface area contributed by atoms with Crippen LogP contribution < -0.4 is 10.1 Å². The van der Waals surface area contributed by atoms with Crippen molar-refractivity contribution in [3.63, 3.8) is 0 Å². The molecule has 0 unspecified atom stereocenters. The van der Waals surface area contributed by atoms with Crippen molar-refractivity contribution in [1.29, 1.82) is 0 Å². The molecule has 0 saturated carbocycles. The number of hydrogen-bond acceptors (Lipinski definition) is 4. The number of anilines is 1. The summed E-state index contributed by atoms with van der Waals surface area (Å²) in [5.74, 6) is -2.67. The average molecular weight is 357 g/mol. The van der Waals surface area contributed by atoms with E-state index in [4.69, 9.17) is 4.74 Å². The van der Waals surface area contributed by atoms with Crippen LogP contribution in [0.15, 0.2) is 48.5 Å². The van der Waals surface area contributed by atoms with E-state index in [1.807, 2.05) is 0 Å². The molecule has 0 aliphatic heterocycles. The van der Waals surface area contributed by atoms with E-state index in [2.05, 4.69) is 10.1 Å². The highest BCUT2D eigenvalue weighted by molar-refractivity contribution is 5.95.